The monoisotopic (exact) mass is 268 g/mol. The van der Waals surface area contributed by atoms with Gasteiger partial charge in [0.2, 0.25) is 0 Å². The minimum absolute atomic E-state index is 1.18. The molecule has 0 radical (unpaired) electrons. The van der Waals surface area contributed by atoms with Crippen molar-refractivity contribution in [3.8, 4) is 0 Å². The van der Waals surface area contributed by atoms with E-state index in [9.17, 15) is 0 Å². The van der Waals surface area contributed by atoms with Crippen LogP contribution in [0.4, 0.5) is 0 Å². The maximum atomic E-state index is 2.62. The summed E-state index contributed by atoms with van der Waals surface area (Å²) in [5, 5.41) is 1.60. The summed E-state index contributed by atoms with van der Waals surface area (Å²) in [6.07, 6.45) is 0. The summed E-state index contributed by atoms with van der Waals surface area (Å²) in [4.78, 5) is 10.1. The smallest absolute Gasteiger partial charge is 0.0979 e. The van der Waals surface area contributed by atoms with E-state index < -0.39 is 0 Å². The van der Waals surface area contributed by atoms with Crippen LogP contribution in [0.2, 0.25) is 0 Å². The molecule has 2 fully saturated rings. The van der Waals surface area contributed by atoms with Crippen LogP contribution in [0.5, 0.6) is 0 Å². The largest absolute Gasteiger partial charge is 0.356 e. The van der Waals surface area contributed by atoms with Gasteiger partial charge in [0, 0.05) is 62.6 Å². The van der Waals surface area contributed by atoms with Crippen LogP contribution in [-0.4, -0.2) is 96.3 Å². The van der Waals surface area contributed by atoms with E-state index in [-0.39, 0.29) is 0 Å². The van der Waals surface area contributed by atoms with Gasteiger partial charge < -0.3 is 19.6 Å². The van der Waals surface area contributed by atoms with Crippen molar-refractivity contribution in [3.63, 3.8) is 0 Å². The van der Waals surface area contributed by atoms with Gasteiger partial charge in [-0.1, -0.05) is 5.20 Å². The molecule has 2 aliphatic rings. The Balaban J connectivity index is 2.03. The molecule has 0 N–H and O–H groups in total. The molecule has 0 bridgehead atoms. The summed E-state index contributed by atoms with van der Waals surface area (Å²) in [6.45, 7) is 11.9. The first-order chi connectivity index (χ1) is 8.58. The first-order valence-corrected chi connectivity index (χ1v) is 8.12. The zero-order chi connectivity index (χ0) is 13.1. The molecule has 0 unspecified atom stereocenters. The Morgan fingerprint density at radius 1 is 0.722 bits per heavy atom. The number of piperazine rings is 2. The van der Waals surface area contributed by atoms with Crippen LogP contribution in [0, 0.1) is 0 Å². The number of hydrogen-bond donors (Lipinski definition) is 0. The van der Waals surface area contributed by atoms with E-state index in [0.29, 0.717) is 0 Å². The fourth-order valence-corrected chi connectivity index (χ4v) is 3.50. The third-order valence-corrected chi connectivity index (χ3v) is 4.50. The summed E-state index contributed by atoms with van der Waals surface area (Å²) >= 11 is 0. The molecule has 0 amide bonds. The average Bonchev–Trinajstić information content (AvgIpc) is 2.34. The van der Waals surface area contributed by atoms with Crippen molar-refractivity contribution < 1.29 is 0 Å². The molecule has 5 heteroatoms. The maximum absolute atomic E-state index is 2.62. The molecule has 0 aromatic carbocycles. The van der Waals surface area contributed by atoms with Gasteiger partial charge in [-0.3, -0.25) is 0 Å². The Morgan fingerprint density at radius 3 is 1.33 bits per heavy atom. The minimum Gasteiger partial charge on any atom is -0.356 e. The van der Waals surface area contributed by atoms with E-state index in [1.54, 1.807) is 11.0 Å². The van der Waals surface area contributed by atoms with Gasteiger partial charge in [0.1, 0.15) is 0 Å². The van der Waals surface area contributed by atoms with Crippen molar-refractivity contribution in [1.29, 1.82) is 0 Å². The van der Waals surface area contributed by atoms with Crippen LogP contribution >= 0.6 is 0 Å². The Labute approximate surface area is 115 Å². The fourth-order valence-electron chi connectivity index (χ4n) is 2.87. The van der Waals surface area contributed by atoms with Crippen LogP contribution in [-0.2, 0) is 0 Å². The Bertz CT molecular complexity index is 274. The summed E-state index contributed by atoms with van der Waals surface area (Å²) in [5.74, 6) is 1.56. The van der Waals surface area contributed by atoms with Gasteiger partial charge in [-0.15, -0.1) is 0 Å². The summed E-state index contributed by atoms with van der Waals surface area (Å²) < 4.78 is 0. The van der Waals surface area contributed by atoms with E-state index in [0.717, 1.165) is 0 Å². The van der Waals surface area contributed by atoms with Gasteiger partial charge >= 0.3 is 0 Å². The molecular weight excluding hydrogens is 240 g/mol. The van der Waals surface area contributed by atoms with Gasteiger partial charge in [-0.25, -0.2) is 0 Å². The normalized spacial score (nSPS) is 23.5. The lowest BCUT2D eigenvalue weighted by Crippen LogP contribution is -2.52. The lowest BCUT2D eigenvalue weighted by Gasteiger charge is -2.44. The first-order valence-electron chi connectivity index (χ1n) is 7.12. The van der Waals surface area contributed by atoms with E-state index in [2.05, 4.69) is 40.6 Å². The van der Waals surface area contributed by atoms with Crippen molar-refractivity contribution >= 4 is 10.2 Å². The third-order valence-electron chi connectivity index (χ3n) is 4.05. The molecule has 0 aromatic rings. The highest BCUT2D eigenvalue weighted by molar-refractivity contribution is 6.21. The number of hydrogen-bond acceptors (Lipinski definition) is 4. The van der Waals surface area contributed by atoms with Crippen molar-refractivity contribution in [2.75, 3.05) is 66.5 Å². The molecule has 0 aromatic heterocycles. The molecule has 2 saturated heterocycles. The third kappa shape index (κ3) is 3.27. The second-order valence-corrected chi connectivity index (χ2v) is 7.40. The quantitative estimate of drug-likeness (QED) is 0.598. The van der Waals surface area contributed by atoms with Crippen LogP contribution < -0.4 is 0 Å². The molecule has 0 saturated carbocycles. The van der Waals surface area contributed by atoms with Crippen LogP contribution in [0.15, 0.2) is 11.0 Å². The predicted molar refractivity (Wildman–Crippen MR) is 80.8 cm³/mol. The first kappa shape index (κ1) is 13.9. The zero-order valence-electron chi connectivity index (χ0n) is 12.4. The minimum atomic E-state index is 1.18. The molecule has 2 rings (SSSR count). The van der Waals surface area contributed by atoms with Gasteiger partial charge in [0.15, 0.2) is 0 Å². The van der Waals surface area contributed by atoms with Crippen LogP contribution in [0.3, 0.4) is 0 Å². The van der Waals surface area contributed by atoms with E-state index in [1.807, 2.05) is 0 Å². The Hall–Kier alpha value is -0.523. The zero-order valence-corrected chi connectivity index (χ0v) is 14.4. The highest BCUT2D eigenvalue weighted by Crippen LogP contribution is 2.18. The number of allylic oxidation sites excluding steroid dienone is 1. The van der Waals surface area contributed by atoms with E-state index in [4.69, 9.17) is 0 Å². The van der Waals surface area contributed by atoms with Crippen LogP contribution in [0.1, 0.15) is 6.92 Å². The lowest BCUT2D eigenvalue weighted by molar-refractivity contribution is 0.107. The second-order valence-electron chi connectivity index (χ2n) is 5.90. The van der Waals surface area contributed by atoms with Crippen molar-refractivity contribution in [2.24, 2.45) is 0 Å². The topological polar surface area (TPSA) is 13.0 Å². The number of rotatable bonds is 2. The maximum Gasteiger partial charge on any atom is 0.0979 e. The molecule has 0 aliphatic carbocycles. The molecular formula is C13H28N4Si. The van der Waals surface area contributed by atoms with E-state index in [1.165, 1.54) is 62.6 Å². The van der Waals surface area contributed by atoms with Crippen molar-refractivity contribution in [3.05, 3.63) is 11.0 Å². The molecule has 4 nitrogen and oxygen atoms in total. The second kappa shape index (κ2) is 6.08. The van der Waals surface area contributed by atoms with Gasteiger partial charge in [0.25, 0.3) is 0 Å². The highest BCUT2D eigenvalue weighted by atomic mass is 28.1. The van der Waals surface area contributed by atoms with E-state index >= 15 is 0 Å². The van der Waals surface area contributed by atoms with Crippen molar-refractivity contribution in [2.45, 2.75) is 6.92 Å². The number of likely N-dealkylation sites (N-methyl/N-ethyl adjacent to an activating group) is 2. The lowest BCUT2D eigenvalue weighted by atomic mass is 10.2. The highest BCUT2D eigenvalue weighted by Gasteiger charge is 2.23. The molecule has 18 heavy (non-hydrogen) atoms. The molecule has 2 heterocycles. The SMILES string of the molecule is CC([SiH3])=C(N1CCN(C)CC1)N1CCN(C)CC1. The molecule has 0 spiro atoms. The summed E-state index contributed by atoms with van der Waals surface area (Å²) in [7, 11) is 5.63. The van der Waals surface area contributed by atoms with Gasteiger partial charge in [-0.2, -0.15) is 0 Å². The van der Waals surface area contributed by atoms with Gasteiger partial charge in [-0.05, 0) is 21.0 Å². The number of nitrogens with zero attached hydrogens (tertiary/aromatic N) is 4. The van der Waals surface area contributed by atoms with Crippen molar-refractivity contribution in [1.82, 2.24) is 19.6 Å². The van der Waals surface area contributed by atoms with Gasteiger partial charge in [0.05, 0.1) is 5.82 Å². The Morgan fingerprint density at radius 2 is 1.06 bits per heavy atom. The Kier molecular flexibility index (Phi) is 4.69. The molecule has 104 valence electrons. The molecule has 2 aliphatic heterocycles. The van der Waals surface area contributed by atoms with Crippen LogP contribution in [0.25, 0.3) is 0 Å². The summed E-state index contributed by atoms with van der Waals surface area (Å²) in [5.41, 5.74) is 0. The molecule has 0 atom stereocenters. The average molecular weight is 268 g/mol. The predicted octanol–water partition coefficient (Wildman–Crippen LogP) is -0.964. The fraction of sp³-hybridized carbons (Fsp3) is 0.846. The summed E-state index contributed by atoms with van der Waals surface area (Å²) in [6, 6.07) is 0. The standard InChI is InChI=1S/C13H28N4Si/c1-12(18)13(16-8-4-14(2)5-9-16)17-10-6-15(3)7-11-17/h4-11H2,1-3,18H3.